The Morgan fingerprint density at radius 2 is 1.88 bits per heavy atom. The molecule has 1 fully saturated rings. The van der Waals surface area contributed by atoms with Crippen molar-refractivity contribution < 1.29 is 28.2 Å². The van der Waals surface area contributed by atoms with Gasteiger partial charge in [0.25, 0.3) is 11.7 Å². The molecule has 0 saturated carbocycles. The number of aryl methyl sites for hydroxylation is 1. The van der Waals surface area contributed by atoms with Gasteiger partial charge in [-0.25, -0.2) is 4.39 Å². The van der Waals surface area contributed by atoms with Gasteiger partial charge in [0.1, 0.15) is 34.9 Å². The minimum absolute atomic E-state index is 0.0473. The molecule has 1 atom stereocenters. The third-order valence-electron chi connectivity index (χ3n) is 5.42. The second-order valence-electron chi connectivity index (χ2n) is 7.88. The molecule has 1 unspecified atom stereocenters. The van der Waals surface area contributed by atoms with Crippen molar-refractivity contribution in [1.29, 1.82) is 0 Å². The molecule has 0 spiro atoms. The van der Waals surface area contributed by atoms with E-state index in [0.717, 1.165) is 6.42 Å². The number of rotatable bonds is 7. The first-order valence-corrected chi connectivity index (χ1v) is 10.7. The van der Waals surface area contributed by atoms with Crippen molar-refractivity contribution in [3.05, 3.63) is 94.7 Å². The quantitative estimate of drug-likeness (QED) is 0.307. The number of benzene rings is 2. The summed E-state index contributed by atoms with van der Waals surface area (Å²) >= 11 is 0. The van der Waals surface area contributed by atoms with Crippen molar-refractivity contribution in [2.45, 2.75) is 32.9 Å². The van der Waals surface area contributed by atoms with E-state index in [9.17, 15) is 19.1 Å². The van der Waals surface area contributed by atoms with Crippen LogP contribution in [0.25, 0.3) is 5.76 Å². The van der Waals surface area contributed by atoms with Gasteiger partial charge in [0.2, 0.25) is 0 Å². The summed E-state index contributed by atoms with van der Waals surface area (Å²) in [6, 6.07) is 14.9. The Hall–Kier alpha value is -3.87. The lowest BCUT2D eigenvalue weighted by Crippen LogP contribution is -2.29. The molecule has 0 aliphatic carbocycles. The Balaban J connectivity index is 1.79. The first kappa shape index (κ1) is 22.3. The highest BCUT2D eigenvalue weighted by atomic mass is 19.1. The second kappa shape index (κ2) is 9.32. The van der Waals surface area contributed by atoms with E-state index in [4.69, 9.17) is 9.15 Å². The van der Waals surface area contributed by atoms with Gasteiger partial charge in [0.05, 0.1) is 12.2 Å². The number of Topliss-reactive ketones (excluding diaryl/α,β-unsaturated/α-hetero) is 1. The molecule has 4 rings (SSSR count). The average molecular weight is 449 g/mol. The lowest BCUT2D eigenvalue weighted by molar-refractivity contribution is -0.140. The van der Waals surface area contributed by atoms with E-state index in [0.29, 0.717) is 35.0 Å². The largest absolute Gasteiger partial charge is 0.507 e. The number of furan rings is 1. The monoisotopic (exact) mass is 449 g/mol. The summed E-state index contributed by atoms with van der Waals surface area (Å²) in [5.74, 6) is -0.778. The summed E-state index contributed by atoms with van der Waals surface area (Å²) in [6.07, 6.45) is 0.822. The van der Waals surface area contributed by atoms with Gasteiger partial charge in [-0.3, -0.25) is 9.59 Å². The first-order chi connectivity index (χ1) is 15.9. The summed E-state index contributed by atoms with van der Waals surface area (Å²) in [5.41, 5.74) is 0.933. The van der Waals surface area contributed by atoms with Gasteiger partial charge in [-0.05, 0) is 55.3 Å². The number of carbonyl (C=O) groups is 2. The molecule has 1 aromatic heterocycles. The zero-order chi connectivity index (χ0) is 23.5. The van der Waals surface area contributed by atoms with Crippen molar-refractivity contribution in [1.82, 2.24) is 4.90 Å². The maximum Gasteiger partial charge on any atom is 0.296 e. The molecule has 1 N–H and O–H groups in total. The van der Waals surface area contributed by atoms with Crippen LogP contribution in [0.3, 0.4) is 0 Å². The van der Waals surface area contributed by atoms with E-state index in [1.807, 2.05) is 6.92 Å². The lowest BCUT2D eigenvalue weighted by Gasteiger charge is -2.23. The molecule has 2 heterocycles. The number of hydrogen-bond donors (Lipinski definition) is 1. The molecule has 1 aliphatic rings. The van der Waals surface area contributed by atoms with Gasteiger partial charge in [-0.2, -0.15) is 0 Å². The number of aliphatic hydroxyl groups excluding tert-OH is 1. The molecule has 33 heavy (non-hydrogen) atoms. The van der Waals surface area contributed by atoms with Crippen LogP contribution in [0.4, 0.5) is 4.39 Å². The van der Waals surface area contributed by atoms with Gasteiger partial charge >= 0.3 is 0 Å². The minimum Gasteiger partial charge on any atom is -0.507 e. The molecular formula is C26H24FNO5. The smallest absolute Gasteiger partial charge is 0.296 e. The standard InChI is InChI=1S/C26H24FNO5/c1-3-13-32-20-6-4-5-18(14-20)24(29)22-23(21-12-7-16(2)33-21)28(26(31)25(22)30)15-17-8-10-19(27)11-9-17/h4-12,14,23,29H,3,13,15H2,1-2H3/b24-22-. The lowest BCUT2D eigenvalue weighted by atomic mass is 9.99. The second-order valence-corrected chi connectivity index (χ2v) is 7.88. The van der Waals surface area contributed by atoms with Crippen LogP contribution in [0.15, 0.2) is 70.7 Å². The van der Waals surface area contributed by atoms with Crippen molar-refractivity contribution in [2.75, 3.05) is 6.61 Å². The van der Waals surface area contributed by atoms with E-state index >= 15 is 0 Å². The predicted octanol–water partition coefficient (Wildman–Crippen LogP) is 5.14. The number of ketones is 1. The van der Waals surface area contributed by atoms with Crippen LogP contribution in [0, 0.1) is 12.7 Å². The Bertz CT molecular complexity index is 1210. The first-order valence-electron chi connectivity index (χ1n) is 10.7. The predicted molar refractivity (Wildman–Crippen MR) is 120 cm³/mol. The summed E-state index contributed by atoms with van der Waals surface area (Å²) in [6.45, 7) is 4.30. The molecule has 1 saturated heterocycles. The fourth-order valence-electron chi connectivity index (χ4n) is 3.83. The maximum absolute atomic E-state index is 13.3. The van der Waals surface area contributed by atoms with Crippen LogP contribution >= 0.6 is 0 Å². The Morgan fingerprint density at radius 3 is 2.55 bits per heavy atom. The van der Waals surface area contributed by atoms with Gasteiger partial charge in [-0.1, -0.05) is 31.2 Å². The van der Waals surface area contributed by atoms with Crippen LogP contribution in [-0.4, -0.2) is 28.3 Å². The SMILES string of the molecule is CCCOc1cccc(/C(O)=C2/C(=O)C(=O)N(Cc3ccc(F)cc3)C2c2ccc(C)o2)c1. The number of halogens is 1. The molecule has 170 valence electrons. The third-order valence-corrected chi connectivity index (χ3v) is 5.42. The Labute approximate surface area is 190 Å². The fourth-order valence-corrected chi connectivity index (χ4v) is 3.83. The fraction of sp³-hybridized carbons (Fsp3) is 0.231. The van der Waals surface area contributed by atoms with E-state index in [1.165, 1.54) is 17.0 Å². The minimum atomic E-state index is -0.927. The molecule has 1 aliphatic heterocycles. The molecule has 6 nitrogen and oxygen atoms in total. The van der Waals surface area contributed by atoms with Gasteiger partial charge in [0.15, 0.2) is 0 Å². The number of carbonyl (C=O) groups excluding carboxylic acids is 2. The summed E-state index contributed by atoms with van der Waals surface area (Å²) in [7, 11) is 0. The van der Waals surface area contributed by atoms with Gasteiger partial charge in [-0.15, -0.1) is 0 Å². The molecule has 7 heteroatoms. The molecule has 1 amide bonds. The van der Waals surface area contributed by atoms with Crippen molar-refractivity contribution in [3.8, 4) is 5.75 Å². The number of aliphatic hydroxyl groups is 1. The van der Waals surface area contributed by atoms with Crippen LogP contribution in [-0.2, 0) is 16.1 Å². The van der Waals surface area contributed by atoms with Crippen LogP contribution in [0.5, 0.6) is 5.75 Å². The number of ether oxygens (including phenoxy) is 1. The molecule has 3 aromatic rings. The average Bonchev–Trinajstić information content (AvgIpc) is 3.35. The number of nitrogens with zero attached hydrogens (tertiary/aromatic N) is 1. The van der Waals surface area contributed by atoms with Crippen LogP contribution < -0.4 is 4.74 Å². The highest BCUT2D eigenvalue weighted by molar-refractivity contribution is 6.46. The summed E-state index contributed by atoms with van der Waals surface area (Å²) in [4.78, 5) is 27.4. The van der Waals surface area contributed by atoms with Crippen molar-refractivity contribution in [3.63, 3.8) is 0 Å². The Morgan fingerprint density at radius 1 is 1.12 bits per heavy atom. The number of hydrogen-bond acceptors (Lipinski definition) is 5. The van der Waals surface area contributed by atoms with Crippen LogP contribution in [0.1, 0.15) is 42.0 Å². The Kier molecular flexibility index (Phi) is 6.31. The molecule has 0 radical (unpaired) electrons. The topological polar surface area (TPSA) is 80.0 Å². The van der Waals surface area contributed by atoms with E-state index in [1.54, 1.807) is 55.5 Å². The van der Waals surface area contributed by atoms with E-state index in [2.05, 4.69) is 0 Å². The number of likely N-dealkylation sites (tertiary alicyclic amines) is 1. The molecule has 0 bridgehead atoms. The van der Waals surface area contributed by atoms with Crippen LogP contribution in [0.2, 0.25) is 0 Å². The zero-order valence-corrected chi connectivity index (χ0v) is 18.4. The summed E-state index contributed by atoms with van der Waals surface area (Å²) in [5, 5.41) is 11.2. The third kappa shape index (κ3) is 4.53. The van der Waals surface area contributed by atoms with E-state index < -0.39 is 23.5 Å². The van der Waals surface area contributed by atoms with Crippen molar-refractivity contribution in [2.24, 2.45) is 0 Å². The molecule has 2 aromatic carbocycles. The van der Waals surface area contributed by atoms with E-state index in [-0.39, 0.29) is 17.9 Å². The highest BCUT2D eigenvalue weighted by Gasteiger charge is 2.47. The zero-order valence-electron chi connectivity index (χ0n) is 18.4. The van der Waals surface area contributed by atoms with Crippen molar-refractivity contribution >= 4 is 17.4 Å². The highest BCUT2D eigenvalue weighted by Crippen LogP contribution is 2.41. The number of amides is 1. The molecular weight excluding hydrogens is 425 g/mol. The normalized spacial score (nSPS) is 17.5. The maximum atomic E-state index is 13.3. The summed E-state index contributed by atoms with van der Waals surface area (Å²) < 4.78 is 24.8. The van der Waals surface area contributed by atoms with Gasteiger partial charge in [0, 0.05) is 12.1 Å². The van der Waals surface area contributed by atoms with Gasteiger partial charge < -0.3 is 19.2 Å².